The summed E-state index contributed by atoms with van der Waals surface area (Å²) in [4.78, 5) is 23.2. The Hall–Kier alpha value is -3.15. The first-order chi connectivity index (χ1) is 13.2. The van der Waals surface area contributed by atoms with Crippen LogP contribution in [-0.2, 0) is 15.8 Å². The van der Waals surface area contributed by atoms with Gasteiger partial charge in [0.05, 0.1) is 5.75 Å². The number of hydrogen-bond acceptors (Lipinski definition) is 6. The van der Waals surface area contributed by atoms with Crippen LogP contribution in [0.25, 0.3) is 5.65 Å². The number of anilines is 2. The monoisotopic (exact) mass is 410 g/mol. The Kier molecular flexibility index (Phi) is 5.49. The number of thioether (sulfide) groups is 1. The van der Waals surface area contributed by atoms with Gasteiger partial charge in [-0.25, -0.2) is 0 Å². The highest BCUT2D eigenvalue weighted by Gasteiger charge is 2.37. The van der Waals surface area contributed by atoms with E-state index in [2.05, 4.69) is 25.9 Å². The smallest absolute Gasteiger partial charge is 0.326 e. The number of carbonyl (C=O) groups is 2. The van der Waals surface area contributed by atoms with Gasteiger partial charge in [-0.15, -0.1) is 10.2 Å². The van der Waals surface area contributed by atoms with E-state index in [9.17, 15) is 22.8 Å². The van der Waals surface area contributed by atoms with Gasteiger partial charge in [-0.3, -0.25) is 9.59 Å². The van der Waals surface area contributed by atoms with Crippen molar-refractivity contribution >= 4 is 40.6 Å². The zero-order chi connectivity index (χ0) is 20.3. The Balaban J connectivity index is 1.65. The molecule has 3 aromatic rings. The molecule has 28 heavy (non-hydrogen) atoms. The van der Waals surface area contributed by atoms with Gasteiger partial charge >= 0.3 is 6.18 Å². The molecular weight excluding hydrogens is 397 g/mol. The molecule has 0 aliphatic rings. The Bertz CT molecular complexity index is 1040. The molecular formula is C16H13F3N6O2S. The molecule has 0 saturated heterocycles. The first-order valence-electron chi connectivity index (χ1n) is 7.82. The highest BCUT2D eigenvalue weighted by atomic mass is 32.2. The summed E-state index contributed by atoms with van der Waals surface area (Å²) in [5.41, 5.74) is 0.951. The molecule has 0 bridgehead atoms. The number of hydrogen-bond donors (Lipinski definition) is 2. The van der Waals surface area contributed by atoms with Crippen molar-refractivity contribution in [3.63, 3.8) is 0 Å². The van der Waals surface area contributed by atoms with E-state index in [0.29, 0.717) is 15.9 Å². The van der Waals surface area contributed by atoms with E-state index in [1.165, 1.54) is 19.1 Å². The molecule has 0 aliphatic heterocycles. The average Bonchev–Trinajstić information content (AvgIpc) is 3.03. The summed E-state index contributed by atoms with van der Waals surface area (Å²) in [7, 11) is 0. The minimum absolute atomic E-state index is 0.0455. The van der Waals surface area contributed by atoms with Crippen LogP contribution in [0, 0.1) is 0 Å². The van der Waals surface area contributed by atoms with Crippen LogP contribution in [0.15, 0.2) is 41.4 Å². The number of alkyl halides is 3. The molecule has 2 N–H and O–H groups in total. The van der Waals surface area contributed by atoms with Gasteiger partial charge in [-0.2, -0.15) is 22.8 Å². The molecule has 2 aromatic heterocycles. The molecule has 146 valence electrons. The normalized spacial score (nSPS) is 11.4. The van der Waals surface area contributed by atoms with Crippen LogP contribution in [0.5, 0.6) is 0 Å². The van der Waals surface area contributed by atoms with E-state index in [0.717, 1.165) is 11.8 Å². The lowest BCUT2D eigenvalue weighted by Crippen LogP contribution is -2.15. The predicted octanol–water partition coefficient (Wildman–Crippen LogP) is 2.83. The maximum Gasteiger partial charge on any atom is 0.453 e. The van der Waals surface area contributed by atoms with E-state index in [-0.39, 0.29) is 28.2 Å². The molecule has 2 amide bonds. The predicted molar refractivity (Wildman–Crippen MR) is 95.9 cm³/mol. The fraction of sp³-hybridized carbons (Fsp3) is 0.188. The molecule has 0 spiro atoms. The van der Waals surface area contributed by atoms with Gasteiger partial charge in [0.15, 0.2) is 5.65 Å². The summed E-state index contributed by atoms with van der Waals surface area (Å²) in [6.07, 6.45) is -4.69. The number of halogens is 3. The SMILES string of the molecule is CC(=O)Nc1cccc(NC(=O)CSc2ccc3nnc(C(F)(F)F)n3n2)c1. The first kappa shape index (κ1) is 19.6. The number of fused-ring (bicyclic) bond motifs is 1. The van der Waals surface area contributed by atoms with E-state index in [1.807, 2.05) is 0 Å². The number of nitrogens with zero attached hydrogens (tertiary/aromatic N) is 4. The summed E-state index contributed by atoms with van der Waals surface area (Å²) in [6, 6.07) is 9.36. The second kappa shape index (κ2) is 7.84. The third kappa shape index (κ3) is 4.76. The number of benzene rings is 1. The van der Waals surface area contributed by atoms with Crippen molar-refractivity contribution in [1.82, 2.24) is 19.8 Å². The molecule has 3 rings (SSSR count). The minimum Gasteiger partial charge on any atom is -0.326 e. The van der Waals surface area contributed by atoms with Gasteiger partial charge in [0, 0.05) is 18.3 Å². The lowest BCUT2D eigenvalue weighted by atomic mass is 10.2. The van der Waals surface area contributed by atoms with Crippen LogP contribution in [0.2, 0.25) is 0 Å². The Labute approximate surface area is 160 Å². The summed E-state index contributed by atoms with van der Waals surface area (Å²) in [5, 5.41) is 15.8. The maximum atomic E-state index is 12.9. The fourth-order valence-corrected chi connectivity index (χ4v) is 2.90. The molecule has 0 aliphatic carbocycles. The average molecular weight is 410 g/mol. The second-order valence-corrected chi connectivity index (χ2v) is 6.56. The summed E-state index contributed by atoms with van der Waals surface area (Å²) in [6.45, 7) is 1.37. The second-order valence-electron chi connectivity index (χ2n) is 5.56. The van der Waals surface area contributed by atoms with Crippen LogP contribution in [0.1, 0.15) is 12.7 Å². The van der Waals surface area contributed by atoms with E-state index >= 15 is 0 Å². The standard InChI is InChI=1S/C16H13F3N6O2S/c1-9(26)20-10-3-2-4-11(7-10)21-13(27)8-28-14-6-5-12-22-23-15(16(17,18)19)25(12)24-14/h2-7H,8H2,1H3,(H,20,26)(H,21,27). The summed E-state index contributed by atoms with van der Waals surface area (Å²) in [5.74, 6) is -1.93. The van der Waals surface area contributed by atoms with E-state index in [4.69, 9.17) is 0 Å². The molecule has 0 saturated carbocycles. The molecule has 12 heteroatoms. The highest BCUT2D eigenvalue weighted by molar-refractivity contribution is 7.99. The zero-order valence-electron chi connectivity index (χ0n) is 14.3. The zero-order valence-corrected chi connectivity index (χ0v) is 15.1. The van der Waals surface area contributed by atoms with Gasteiger partial charge in [0.2, 0.25) is 11.8 Å². The molecule has 0 radical (unpaired) electrons. The van der Waals surface area contributed by atoms with Gasteiger partial charge in [-0.05, 0) is 30.3 Å². The number of aromatic nitrogens is 4. The third-order valence-electron chi connectivity index (χ3n) is 3.31. The van der Waals surface area contributed by atoms with Gasteiger partial charge in [-0.1, -0.05) is 17.8 Å². The topological polar surface area (TPSA) is 101 Å². The van der Waals surface area contributed by atoms with Crippen molar-refractivity contribution in [1.29, 1.82) is 0 Å². The van der Waals surface area contributed by atoms with Crippen molar-refractivity contribution in [2.24, 2.45) is 0 Å². The number of amides is 2. The molecule has 2 heterocycles. The van der Waals surface area contributed by atoms with Crippen molar-refractivity contribution < 1.29 is 22.8 Å². The molecule has 0 atom stereocenters. The van der Waals surface area contributed by atoms with Crippen molar-refractivity contribution in [3.05, 3.63) is 42.2 Å². The van der Waals surface area contributed by atoms with Crippen LogP contribution in [0.3, 0.4) is 0 Å². The van der Waals surface area contributed by atoms with Crippen molar-refractivity contribution in [2.45, 2.75) is 18.1 Å². The molecule has 0 unspecified atom stereocenters. The van der Waals surface area contributed by atoms with Gasteiger partial charge in [0.25, 0.3) is 5.82 Å². The molecule has 0 fully saturated rings. The maximum absolute atomic E-state index is 12.9. The van der Waals surface area contributed by atoms with Crippen molar-refractivity contribution in [3.8, 4) is 0 Å². The van der Waals surface area contributed by atoms with Crippen LogP contribution < -0.4 is 10.6 Å². The quantitative estimate of drug-likeness (QED) is 0.628. The number of rotatable bonds is 5. The largest absolute Gasteiger partial charge is 0.453 e. The Morgan fingerprint density at radius 2 is 1.82 bits per heavy atom. The Morgan fingerprint density at radius 3 is 2.50 bits per heavy atom. The van der Waals surface area contributed by atoms with Gasteiger partial charge < -0.3 is 10.6 Å². The van der Waals surface area contributed by atoms with Crippen LogP contribution in [-0.4, -0.2) is 37.4 Å². The summed E-state index contributed by atoms with van der Waals surface area (Å²) >= 11 is 0.964. The van der Waals surface area contributed by atoms with Crippen LogP contribution >= 0.6 is 11.8 Å². The van der Waals surface area contributed by atoms with E-state index in [1.54, 1.807) is 24.3 Å². The van der Waals surface area contributed by atoms with Crippen LogP contribution in [0.4, 0.5) is 24.5 Å². The van der Waals surface area contributed by atoms with Gasteiger partial charge in [0.1, 0.15) is 5.03 Å². The Morgan fingerprint density at radius 1 is 1.11 bits per heavy atom. The molecule has 1 aromatic carbocycles. The van der Waals surface area contributed by atoms with E-state index < -0.39 is 12.0 Å². The van der Waals surface area contributed by atoms with Crippen molar-refractivity contribution in [2.75, 3.05) is 16.4 Å². The fourth-order valence-electron chi connectivity index (χ4n) is 2.24. The minimum atomic E-state index is -4.69. The lowest BCUT2D eigenvalue weighted by molar-refractivity contribution is -0.146. The highest BCUT2D eigenvalue weighted by Crippen LogP contribution is 2.28. The first-order valence-corrected chi connectivity index (χ1v) is 8.81. The lowest BCUT2D eigenvalue weighted by Gasteiger charge is -2.08. The third-order valence-corrected chi connectivity index (χ3v) is 4.23. The number of nitrogens with one attached hydrogen (secondary N) is 2. The number of carbonyl (C=O) groups excluding carboxylic acids is 2. The molecule has 8 nitrogen and oxygen atoms in total. The summed E-state index contributed by atoms with van der Waals surface area (Å²) < 4.78 is 39.3.